The van der Waals surface area contributed by atoms with Crippen LogP contribution in [0.1, 0.15) is 44.5 Å². The number of anilines is 1. The first-order chi connectivity index (χ1) is 17.3. The molecule has 2 aromatic carbocycles. The smallest absolute Gasteiger partial charge is 0.175 e. The van der Waals surface area contributed by atoms with Crippen molar-refractivity contribution in [3.05, 3.63) is 53.5 Å². The Balaban J connectivity index is 1.60. The number of ether oxygens (including phenoxy) is 1. The van der Waals surface area contributed by atoms with Crippen LogP contribution in [-0.4, -0.2) is 45.9 Å². The quantitative estimate of drug-likeness (QED) is 0.393. The Hall–Kier alpha value is -3.39. The summed E-state index contributed by atoms with van der Waals surface area (Å²) in [5, 5.41) is 12.1. The van der Waals surface area contributed by atoms with Crippen LogP contribution in [-0.2, 0) is 11.2 Å². The number of pyridine rings is 1. The molecule has 6 rings (SSSR count). The van der Waals surface area contributed by atoms with Crippen LogP contribution in [0.15, 0.2) is 30.5 Å². The standard InChI is InChI=1S/C28H28F2N4O2/c1-4-19-22(29)6-5-16-8-17(35)9-20(23(16)19)25-24(30)26-21(10-31-25)28(33-27(32-26)14(2)3)34-11-15-7-18(12-34)36-13-15/h5-6,8-10,14-15,18,35H,4,7,11-13H2,1-3H3/t15-,18+/m0/s1. The van der Waals surface area contributed by atoms with Crippen molar-refractivity contribution in [1.29, 1.82) is 0 Å². The fourth-order valence-electron chi connectivity index (χ4n) is 5.62. The Labute approximate surface area is 208 Å². The van der Waals surface area contributed by atoms with Crippen LogP contribution in [0.3, 0.4) is 0 Å². The fraction of sp³-hybridized carbons (Fsp3) is 0.393. The minimum Gasteiger partial charge on any atom is -0.508 e. The molecule has 2 aliphatic heterocycles. The summed E-state index contributed by atoms with van der Waals surface area (Å²) in [5.74, 6) is 0.622. The van der Waals surface area contributed by atoms with Gasteiger partial charge >= 0.3 is 0 Å². The molecule has 2 atom stereocenters. The van der Waals surface area contributed by atoms with Gasteiger partial charge in [-0.15, -0.1) is 0 Å². The second-order valence-corrected chi connectivity index (χ2v) is 10.2. The molecule has 2 aliphatic rings. The van der Waals surface area contributed by atoms with Crippen molar-refractivity contribution in [2.24, 2.45) is 5.92 Å². The average molecular weight is 491 g/mol. The van der Waals surface area contributed by atoms with Crippen LogP contribution in [0.5, 0.6) is 5.75 Å². The first-order valence-corrected chi connectivity index (χ1v) is 12.5. The van der Waals surface area contributed by atoms with Gasteiger partial charge in [0.2, 0.25) is 0 Å². The van der Waals surface area contributed by atoms with Crippen LogP contribution in [0.2, 0.25) is 0 Å². The Morgan fingerprint density at radius 1 is 1.17 bits per heavy atom. The van der Waals surface area contributed by atoms with Gasteiger partial charge in [0.1, 0.15) is 34.4 Å². The average Bonchev–Trinajstić information content (AvgIpc) is 3.20. The number of aryl methyl sites for hydroxylation is 1. The molecule has 0 saturated carbocycles. The Kier molecular flexibility index (Phi) is 5.52. The number of benzene rings is 2. The van der Waals surface area contributed by atoms with Gasteiger partial charge in [0.05, 0.1) is 18.1 Å². The van der Waals surface area contributed by atoms with E-state index in [1.165, 1.54) is 12.1 Å². The van der Waals surface area contributed by atoms with Gasteiger partial charge in [-0.2, -0.15) is 0 Å². The van der Waals surface area contributed by atoms with Gasteiger partial charge < -0.3 is 14.7 Å². The van der Waals surface area contributed by atoms with Crippen molar-refractivity contribution in [3.8, 4) is 17.0 Å². The summed E-state index contributed by atoms with van der Waals surface area (Å²) in [6.07, 6.45) is 3.20. The second-order valence-electron chi connectivity index (χ2n) is 10.2. The molecule has 4 aromatic rings. The summed E-state index contributed by atoms with van der Waals surface area (Å²) in [6, 6.07) is 5.97. The topological polar surface area (TPSA) is 71.4 Å². The lowest BCUT2D eigenvalue weighted by Crippen LogP contribution is -2.40. The lowest BCUT2D eigenvalue weighted by atomic mass is 9.94. The van der Waals surface area contributed by atoms with Gasteiger partial charge in [-0.25, -0.2) is 18.7 Å². The largest absolute Gasteiger partial charge is 0.508 e. The number of piperidine rings is 1. The molecule has 8 heteroatoms. The third kappa shape index (κ3) is 3.66. The Morgan fingerprint density at radius 2 is 2.00 bits per heavy atom. The molecule has 186 valence electrons. The number of rotatable bonds is 4. The van der Waals surface area contributed by atoms with Gasteiger partial charge in [0, 0.05) is 36.7 Å². The summed E-state index contributed by atoms with van der Waals surface area (Å²) in [5.41, 5.74) is 1.01. The highest BCUT2D eigenvalue weighted by molar-refractivity contribution is 6.01. The number of aromatic nitrogens is 3. The minimum absolute atomic E-state index is 0.00989. The van der Waals surface area contributed by atoms with Crippen LogP contribution in [0.25, 0.3) is 32.9 Å². The van der Waals surface area contributed by atoms with E-state index in [2.05, 4.69) is 14.9 Å². The van der Waals surface area contributed by atoms with E-state index in [0.717, 1.165) is 19.6 Å². The number of aromatic hydroxyl groups is 1. The predicted molar refractivity (Wildman–Crippen MR) is 135 cm³/mol. The molecular weight excluding hydrogens is 462 g/mol. The number of hydrogen-bond donors (Lipinski definition) is 1. The molecule has 0 aliphatic carbocycles. The molecule has 2 aromatic heterocycles. The summed E-state index contributed by atoms with van der Waals surface area (Å²) in [6.45, 7) is 8.03. The third-order valence-corrected chi connectivity index (χ3v) is 7.33. The zero-order valence-corrected chi connectivity index (χ0v) is 20.6. The second kappa shape index (κ2) is 8.62. The van der Waals surface area contributed by atoms with Crippen LogP contribution >= 0.6 is 0 Å². The van der Waals surface area contributed by atoms with E-state index in [9.17, 15) is 9.50 Å². The number of nitrogens with zero attached hydrogens (tertiary/aromatic N) is 4. The molecule has 1 N–H and O–H groups in total. The van der Waals surface area contributed by atoms with Crippen molar-refractivity contribution in [2.45, 2.75) is 45.6 Å². The number of hydrogen-bond acceptors (Lipinski definition) is 6. The number of phenolic OH excluding ortho intramolecular Hbond substituents is 1. The SMILES string of the molecule is CCc1c(F)ccc2cc(O)cc(-c3ncc4c(N5C[C@H]6CO[C@H](C6)C5)nc(C(C)C)nc4c3F)c12. The van der Waals surface area contributed by atoms with Crippen molar-refractivity contribution >= 4 is 27.5 Å². The Bertz CT molecular complexity index is 1490. The van der Waals surface area contributed by atoms with Crippen molar-refractivity contribution in [1.82, 2.24) is 15.0 Å². The van der Waals surface area contributed by atoms with E-state index in [1.54, 1.807) is 18.3 Å². The molecular formula is C28H28F2N4O2. The number of fused-ring (bicyclic) bond motifs is 4. The summed E-state index contributed by atoms with van der Waals surface area (Å²) >= 11 is 0. The van der Waals surface area contributed by atoms with Gasteiger partial charge in [-0.3, -0.25) is 4.98 Å². The summed E-state index contributed by atoms with van der Waals surface area (Å²) < 4.78 is 36.9. The lowest BCUT2D eigenvalue weighted by molar-refractivity contribution is 0.119. The molecule has 36 heavy (non-hydrogen) atoms. The predicted octanol–water partition coefficient (Wildman–Crippen LogP) is 5.74. The van der Waals surface area contributed by atoms with Crippen LogP contribution in [0, 0.1) is 17.6 Å². The zero-order valence-electron chi connectivity index (χ0n) is 20.6. The van der Waals surface area contributed by atoms with Gasteiger partial charge in [0.15, 0.2) is 5.82 Å². The van der Waals surface area contributed by atoms with E-state index < -0.39 is 5.82 Å². The molecule has 2 saturated heterocycles. The molecule has 0 amide bonds. The molecule has 0 unspecified atom stereocenters. The maximum atomic E-state index is 16.3. The minimum atomic E-state index is -0.604. The molecule has 2 fully saturated rings. The molecule has 2 bridgehead atoms. The lowest BCUT2D eigenvalue weighted by Gasteiger charge is -2.32. The number of phenols is 1. The molecule has 0 radical (unpaired) electrons. The van der Waals surface area contributed by atoms with Crippen LogP contribution in [0.4, 0.5) is 14.6 Å². The van der Waals surface area contributed by atoms with Crippen molar-refractivity contribution < 1.29 is 18.6 Å². The molecule has 6 nitrogen and oxygen atoms in total. The highest BCUT2D eigenvalue weighted by Crippen LogP contribution is 2.39. The molecule has 4 heterocycles. The van der Waals surface area contributed by atoms with Crippen molar-refractivity contribution in [2.75, 3.05) is 24.6 Å². The Morgan fingerprint density at radius 3 is 2.75 bits per heavy atom. The summed E-state index contributed by atoms with van der Waals surface area (Å²) in [7, 11) is 0. The van der Waals surface area contributed by atoms with Gasteiger partial charge in [0.25, 0.3) is 0 Å². The maximum Gasteiger partial charge on any atom is 0.175 e. The zero-order chi connectivity index (χ0) is 25.1. The normalized spacial score (nSPS) is 19.7. The third-order valence-electron chi connectivity index (χ3n) is 7.33. The maximum absolute atomic E-state index is 16.3. The number of halogens is 2. The van der Waals surface area contributed by atoms with Crippen LogP contribution < -0.4 is 4.90 Å². The van der Waals surface area contributed by atoms with Crippen molar-refractivity contribution in [3.63, 3.8) is 0 Å². The fourth-order valence-corrected chi connectivity index (χ4v) is 5.62. The highest BCUT2D eigenvalue weighted by atomic mass is 19.1. The van der Waals surface area contributed by atoms with E-state index in [1.807, 2.05) is 20.8 Å². The van der Waals surface area contributed by atoms with Gasteiger partial charge in [-0.05, 0) is 47.4 Å². The van der Waals surface area contributed by atoms with E-state index >= 15 is 4.39 Å². The first-order valence-electron chi connectivity index (χ1n) is 12.5. The van der Waals surface area contributed by atoms with Gasteiger partial charge in [-0.1, -0.05) is 26.8 Å². The van der Waals surface area contributed by atoms with E-state index in [-0.39, 0.29) is 34.8 Å². The molecule has 0 spiro atoms. The highest BCUT2D eigenvalue weighted by Gasteiger charge is 2.35. The monoisotopic (exact) mass is 490 g/mol. The first kappa shape index (κ1) is 23.0. The summed E-state index contributed by atoms with van der Waals surface area (Å²) in [4.78, 5) is 16.1. The van der Waals surface area contributed by atoms with E-state index in [0.29, 0.717) is 57.8 Å². The van der Waals surface area contributed by atoms with E-state index in [4.69, 9.17) is 9.72 Å².